The van der Waals surface area contributed by atoms with E-state index >= 15 is 0 Å². The number of fused-ring (bicyclic) bond motifs is 1. The Morgan fingerprint density at radius 2 is 1.79 bits per heavy atom. The second-order valence-electron chi connectivity index (χ2n) is 5.21. The van der Waals surface area contributed by atoms with Gasteiger partial charge in [-0.2, -0.15) is 5.10 Å². The molecule has 120 valence electrons. The van der Waals surface area contributed by atoms with E-state index in [2.05, 4.69) is 16.6 Å². The maximum absolute atomic E-state index is 6.01. The molecule has 0 aromatic heterocycles. The van der Waals surface area contributed by atoms with Gasteiger partial charge in [-0.15, -0.1) is 0 Å². The first-order valence-corrected chi connectivity index (χ1v) is 7.92. The quantitative estimate of drug-likeness (QED) is 0.425. The van der Waals surface area contributed by atoms with E-state index in [4.69, 9.17) is 22.7 Å². The van der Waals surface area contributed by atoms with Gasteiger partial charge in [0.25, 0.3) is 0 Å². The normalized spacial score (nSPS) is 10.8. The Bertz CT molecular complexity index is 878. The lowest BCUT2D eigenvalue weighted by atomic mass is 10.0. The molecule has 4 nitrogen and oxygen atoms in total. The van der Waals surface area contributed by atoms with Crippen LogP contribution >= 0.6 is 12.2 Å². The van der Waals surface area contributed by atoms with Crippen molar-refractivity contribution in [2.45, 2.75) is 6.61 Å². The number of ether oxygens (including phenoxy) is 1. The number of hydrogen-bond acceptors (Lipinski definition) is 3. The third-order valence-corrected chi connectivity index (χ3v) is 3.63. The first-order chi connectivity index (χ1) is 11.7. The van der Waals surface area contributed by atoms with Crippen molar-refractivity contribution < 1.29 is 4.74 Å². The molecule has 3 aromatic rings. The van der Waals surface area contributed by atoms with Crippen molar-refractivity contribution >= 4 is 34.3 Å². The molecule has 24 heavy (non-hydrogen) atoms. The maximum Gasteiger partial charge on any atom is 0.184 e. The van der Waals surface area contributed by atoms with Gasteiger partial charge < -0.3 is 10.5 Å². The molecule has 0 aliphatic carbocycles. The topological polar surface area (TPSA) is 59.6 Å². The first-order valence-electron chi connectivity index (χ1n) is 7.51. The highest BCUT2D eigenvalue weighted by Gasteiger charge is 2.07. The van der Waals surface area contributed by atoms with Crippen molar-refractivity contribution in [2.75, 3.05) is 0 Å². The van der Waals surface area contributed by atoms with Crippen molar-refractivity contribution in [3.63, 3.8) is 0 Å². The monoisotopic (exact) mass is 335 g/mol. The van der Waals surface area contributed by atoms with Crippen LogP contribution in [-0.2, 0) is 6.61 Å². The Kier molecular flexibility index (Phi) is 5.03. The number of nitrogens with zero attached hydrogens (tertiary/aromatic N) is 1. The Hall–Kier alpha value is -2.92. The standard InChI is InChI=1S/C19H17N3OS/c20-19(24)22-21-12-17-16-9-5-4-8-15(16)10-11-18(17)23-13-14-6-2-1-3-7-14/h1-12H,13H2,(H3,20,22,24)/b21-12+. The molecule has 0 bridgehead atoms. The molecule has 3 aromatic carbocycles. The molecule has 3 N–H and O–H groups in total. The molecule has 0 saturated carbocycles. The summed E-state index contributed by atoms with van der Waals surface area (Å²) in [7, 11) is 0. The Labute approximate surface area is 145 Å². The number of hydrogen-bond donors (Lipinski definition) is 2. The summed E-state index contributed by atoms with van der Waals surface area (Å²) in [6.45, 7) is 0.489. The molecule has 0 amide bonds. The minimum atomic E-state index is 0.123. The summed E-state index contributed by atoms with van der Waals surface area (Å²) in [5, 5.41) is 6.37. The average Bonchev–Trinajstić information content (AvgIpc) is 2.61. The van der Waals surface area contributed by atoms with Gasteiger partial charge in [-0.3, -0.25) is 5.43 Å². The van der Waals surface area contributed by atoms with Crippen LogP contribution in [0.25, 0.3) is 10.8 Å². The number of benzene rings is 3. The third-order valence-electron chi connectivity index (χ3n) is 3.54. The molecule has 0 aliphatic rings. The third kappa shape index (κ3) is 3.88. The van der Waals surface area contributed by atoms with Crippen LogP contribution < -0.4 is 15.9 Å². The number of nitrogens with one attached hydrogen (secondary N) is 1. The predicted octanol–water partition coefficient (Wildman–Crippen LogP) is 3.59. The molecule has 0 saturated heterocycles. The summed E-state index contributed by atoms with van der Waals surface area (Å²) in [5.41, 5.74) is 9.99. The maximum atomic E-state index is 6.01. The molecule has 0 unspecified atom stereocenters. The van der Waals surface area contributed by atoms with Gasteiger partial charge in [-0.1, -0.05) is 60.7 Å². The van der Waals surface area contributed by atoms with Crippen LogP contribution in [0.4, 0.5) is 0 Å². The zero-order valence-corrected chi connectivity index (χ0v) is 13.8. The molecule has 0 atom stereocenters. The lowest BCUT2D eigenvalue weighted by Crippen LogP contribution is -2.24. The summed E-state index contributed by atoms with van der Waals surface area (Å²) < 4.78 is 6.01. The average molecular weight is 335 g/mol. The van der Waals surface area contributed by atoms with Gasteiger partial charge in [-0.25, -0.2) is 0 Å². The van der Waals surface area contributed by atoms with E-state index in [1.54, 1.807) is 6.21 Å². The summed E-state index contributed by atoms with van der Waals surface area (Å²) >= 11 is 4.78. The molecule has 0 fully saturated rings. The van der Waals surface area contributed by atoms with Gasteiger partial charge >= 0.3 is 0 Å². The fourth-order valence-electron chi connectivity index (χ4n) is 2.43. The number of nitrogens with two attached hydrogens (primary N) is 1. The highest BCUT2D eigenvalue weighted by atomic mass is 32.1. The van der Waals surface area contributed by atoms with E-state index in [-0.39, 0.29) is 5.11 Å². The summed E-state index contributed by atoms with van der Waals surface area (Å²) in [6.07, 6.45) is 1.68. The molecular formula is C19H17N3OS. The SMILES string of the molecule is NC(=S)N/N=C/c1c(OCc2ccccc2)ccc2ccccc12. The van der Waals surface area contributed by atoms with Gasteiger partial charge in [0, 0.05) is 5.56 Å². The summed E-state index contributed by atoms with van der Waals surface area (Å²) in [5.74, 6) is 0.756. The lowest BCUT2D eigenvalue weighted by Gasteiger charge is -2.12. The Morgan fingerprint density at radius 1 is 1.04 bits per heavy atom. The van der Waals surface area contributed by atoms with Crippen molar-refractivity contribution in [1.29, 1.82) is 0 Å². The van der Waals surface area contributed by atoms with E-state index in [1.807, 2.05) is 60.7 Å². The summed E-state index contributed by atoms with van der Waals surface area (Å²) in [6, 6.07) is 22.1. The number of hydrazone groups is 1. The largest absolute Gasteiger partial charge is 0.488 e. The van der Waals surface area contributed by atoms with Crippen LogP contribution in [0.5, 0.6) is 5.75 Å². The molecule has 5 heteroatoms. The second-order valence-corrected chi connectivity index (χ2v) is 5.65. The first kappa shape index (κ1) is 16.0. The lowest BCUT2D eigenvalue weighted by molar-refractivity contribution is 0.306. The molecule has 3 rings (SSSR count). The molecule has 0 spiro atoms. The van der Waals surface area contributed by atoms with E-state index in [9.17, 15) is 0 Å². The van der Waals surface area contributed by atoms with Crippen molar-refractivity contribution in [1.82, 2.24) is 5.43 Å². The van der Waals surface area contributed by atoms with E-state index in [1.165, 1.54) is 0 Å². The van der Waals surface area contributed by atoms with Crippen LogP contribution in [-0.4, -0.2) is 11.3 Å². The zero-order chi connectivity index (χ0) is 16.8. The van der Waals surface area contributed by atoms with Crippen LogP contribution in [0.2, 0.25) is 0 Å². The molecule has 0 aliphatic heterocycles. The van der Waals surface area contributed by atoms with Crippen molar-refractivity contribution in [2.24, 2.45) is 10.8 Å². The minimum absolute atomic E-state index is 0.123. The van der Waals surface area contributed by atoms with Crippen LogP contribution in [0.15, 0.2) is 71.8 Å². The highest BCUT2D eigenvalue weighted by Crippen LogP contribution is 2.27. The van der Waals surface area contributed by atoms with Crippen LogP contribution in [0.1, 0.15) is 11.1 Å². The van der Waals surface area contributed by atoms with Crippen LogP contribution in [0, 0.1) is 0 Å². The predicted molar refractivity (Wildman–Crippen MR) is 102 cm³/mol. The second kappa shape index (κ2) is 7.57. The van der Waals surface area contributed by atoms with Gasteiger partial charge in [0.15, 0.2) is 5.11 Å². The van der Waals surface area contributed by atoms with E-state index in [0.717, 1.165) is 27.6 Å². The highest BCUT2D eigenvalue weighted by molar-refractivity contribution is 7.80. The fourth-order valence-corrected chi connectivity index (χ4v) is 2.48. The van der Waals surface area contributed by atoms with Crippen molar-refractivity contribution in [3.8, 4) is 5.75 Å². The van der Waals surface area contributed by atoms with Gasteiger partial charge in [-0.05, 0) is 34.6 Å². The molecule has 0 heterocycles. The van der Waals surface area contributed by atoms with Gasteiger partial charge in [0.05, 0.1) is 6.21 Å². The Balaban J connectivity index is 1.93. The zero-order valence-electron chi connectivity index (χ0n) is 13.0. The van der Waals surface area contributed by atoms with Crippen LogP contribution in [0.3, 0.4) is 0 Å². The minimum Gasteiger partial charge on any atom is -0.488 e. The van der Waals surface area contributed by atoms with Crippen molar-refractivity contribution in [3.05, 3.63) is 77.9 Å². The Morgan fingerprint density at radius 3 is 2.58 bits per heavy atom. The fraction of sp³-hybridized carbons (Fsp3) is 0.0526. The van der Waals surface area contributed by atoms with E-state index < -0.39 is 0 Å². The molecular weight excluding hydrogens is 318 g/mol. The molecule has 0 radical (unpaired) electrons. The smallest absolute Gasteiger partial charge is 0.184 e. The number of thiocarbonyl (C=S) groups is 1. The van der Waals surface area contributed by atoms with Gasteiger partial charge in [0.1, 0.15) is 12.4 Å². The number of rotatable bonds is 5. The summed E-state index contributed by atoms with van der Waals surface area (Å²) in [4.78, 5) is 0. The van der Waals surface area contributed by atoms with E-state index in [0.29, 0.717) is 6.61 Å². The van der Waals surface area contributed by atoms with Gasteiger partial charge in [0.2, 0.25) is 0 Å².